The molecule has 0 aromatic carbocycles. The summed E-state index contributed by atoms with van der Waals surface area (Å²) in [6, 6.07) is 0. The van der Waals surface area contributed by atoms with Crippen molar-refractivity contribution in [3.8, 4) is 0 Å². The van der Waals surface area contributed by atoms with Crippen molar-refractivity contribution >= 4 is 11.8 Å². The molecule has 5 nitrogen and oxygen atoms in total. The molecule has 160 valence electrons. The summed E-state index contributed by atoms with van der Waals surface area (Å²) in [7, 11) is 0. The molecule has 0 fully saturated rings. The lowest BCUT2D eigenvalue weighted by Gasteiger charge is -2.15. The molecule has 0 saturated heterocycles. The van der Waals surface area contributed by atoms with Gasteiger partial charge in [0.25, 0.3) is 0 Å². The fourth-order valence-corrected chi connectivity index (χ4v) is 3.21. The van der Waals surface area contributed by atoms with Gasteiger partial charge in [-0.1, -0.05) is 53.4 Å². The molecular formula is C22H45N3O2. The second-order valence-electron chi connectivity index (χ2n) is 7.53. The summed E-state index contributed by atoms with van der Waals surface area (Å²) in [5.41, 5.74) is 0. The standard InChI is InChI=1S/C22H45N3O2/c1-5-9-13-19(7-3)21(26)24-17-11-15-23-16-12-18-25-22(27)20(8-4)14-10-6-2/h19-20,23H,5-18H2,1-4H3,(H,24,26)(H,25,27). The molecule has 0 rings (SSSR count). The summed E-state index contributed by atoms with van der Waals surface area (Å²) < 4.78 is 0. The van der Waals surface area contributed by atoms with Gasteiger partial charge in [-0.25, -0.2) is 0 Å². The smallest absolute Gasteiger partial charge is 0.223 e. The van der Waals surface area contributed by atoms with Gasteiger partial charge >= 0.3 is 0 Å². The lowest BCUT2D eigenvalue weighted by molar-refractivity contribution is -0.126. The molecular weight excluding hydrogens is 338 g/mol. The molecule has 0 spiro atoms. The highest BCUT2D eigenvalue weighted by Crippen LogP contribution is 2.13. The predicted octanol–water partition coefficient (Wildman–Crippen LogP) is 4.02. The fraction of sp³-hybridized carbons (Fsp3) is 0.909. The summed E-state index contributed by atoms with van der Waals surface area (Å²) in [6.07, 6.45) is 10.3. The van der Waals surface area contributed by atoms with Gasteiger partial charge in [-0.2, -0.15) is 0 Å². The molecule has 0 aliphatic carbocycles. The Balaban J connectivity index is 3.61. The van der Waals surface area contributed by atoms with Crippen molar-refractivity contribution in [3.63, 3.8) is 0 Å². The van der Waals surface area contributed by atoms with Gasteiger partial charge in [-0.15, -0.1) is 0 Å². The van der Waals surface area contributed by atoms with Crippen molar-refractivity contribution < 1.29 is 9.59 Å². The lowest BCUT2D eigenvalue weighted by Crippen LogP contribution is -2.34. The number of amides is 2. The molecule has 0 heterocycles. The Morgan fingerprint density at radius 2 is 1.04 bits per heavy atom. The van der Waals surface area contributed by atoms with Crippen LogP contribution in [0.3, 0.4) is 0 Å². The van der Waals surface area contributed by atoms with Crippen LogP contribution in [0.4, 0.5) is 0 Å². The van der Waals surface area contributed by atoms with Crippen LogP contribution in [0, 0.1) is 11.8 Å². The number of carbonyl (C=O) groups is 2. The van der Waals surface area contributed by atoms with Crippen LogP contribution in [-0.2, 0) is 9.59 Å². The van der Waals surface area contributed by atoms with Crippen molar-refractivity contribution in [2.75, 3.05) is 26.2 Å². The molecule has 0 aliphatic rings. The van der Waals surface area contributed by atoms with Crippen molar-refractivity contribution in [1.82, 2.24) is 16.0 Å². The predicted molar refractivity (Wildman–Crippen MR) is 115 cm³/mol. The maximum absolute atomic E-state index is 12.1. The zero-order chi connectivity index (χ0) is 20.3. The minimum absolute atomic E-state index is 0.172. The third-order valence-electron chi connectivity index (χ3n) is 5.20. The molecule has 0 aromatic heterocycles. The number of nitrogens with one attached hydrogen (secondary N) is 3. The van der Waals surface area contributed by atoms with Crippen LogP contribution in [0.1, 0.15) is 91.9 Å². The highest BCUT2D eigenvalue weighted by Gasteiger charge is 2.15. The van der Waals surface area contributed by atoms with Gasteiger partial charge in [-0.05, 0) is 51.6 Å². The van der Waals surface area contributed by atoms with E-state index in [1.807, 2.05) is 0 Å². The van der Waals surface area contributed by atoms with E-state index in [2.05, 4.69) is 43.6 Å². The van der Waals surface area contributed by atoms with E-state index in [9.17, 15) is 9.59 Å². The van der Waals surface area contributed by atoms with Gasteiger partial charge < -0.3 is 16.0 Å². The van der Waals surface area contributed by atoms with Crippen LogP contribution in [0.5, 0.6) is 0 Å². The van der Waals surface area contributed by atoms with E-state index in [0.717, 1.165) is 90.4 Å². The quantitative estimate of drug-likeness (QED) is 0.313. The summed E-state index contributed by atoms with van der Waals surface area (Å²) in [5, 5.41) is 9.50. The Morgan fingerprint density at radius 1 is 0.630 bits per heavy atom. The zero-order valence-electron chi connectivity index (χ0n) is 18.4. The maximum Gasteiger partial charge on any atom is 0.223 e. The Labute approximate surface area is 167 Å². The number of carbonyl (C=O) groups excluding carboxylic acids is 2. The molecule has 0 bridgehead atoms. The molecule has 5 heteroatoms. The molecule has 0 aliphatic heterocycles. The Kier molecular flexibility index (Phi) is 17.5. The average molecular weight is 384 g/mol. The Morgan fingerprint density at radius 3 is 1.37 bits per heavy atom. The second-order valence-corrected chi connectivity index (χ2v) is 7.53. The van der Waals surface area contributed by atoms with E-state index >= 15 is 0 Å². The van der Waals surface area contributed by atoms with Gasteiger partial charge in [0.15, 0.2) is 0 Å². The number of hydrogen-bond acceptors (Lipinski definition) is 3. The van der Waals surface area contributed by atoms with Crippen LogP contribution in [0.2, 0.25) is 0 Å². The van der Waals surface area contributed by atoms with E-state index in [1.54, 1.807) is 0 Å². The maximum atomic E-state index is 12.1. The summed E-state index contributed by atoms with van der Waals surface area (Å²) >= 11 is 0. The van der Waals surface area contributed by atoms with E-state index < -0.39 is 0 Å². The molecule has 2 atom stereocenters. The first-order valence-electron chi connectivity index (χ1n) is 11.4. The molecule has 27 heavy (non-hydrogen) atoms. The van der Waals surface area contributed by atoms with Crippen LogP contribution in [-0.4, -0.2) is 38.0 Å². The van der Waals surface area contributed by atoms with Gasteiger partial charge in [0.05, 0.1) is 0 Å². The first kappa shape index (κ1) is 25.9. The van der Waals surface area contributed by atoms with Gasteiger partial charge in [0, 0.05) is 24.9 Å². The summed E-state index contributed by atoms with van der Waals surface area (Å²) in [4.78, 5) is 24.2. The van der Waals surface area contributed by atoms with Crippen molar-refractivity contribution in [1.29, 1.82) is 0 Å². The molecule has 0 aromatic rings. The number of unbranched alkanes of at least 4 members (excludes halogenated alkanes) is 2. The average Bonchev–Trinajstić information content (AvgIpc) is 2.67. The second kappa shape index (κ2) is 18.3. The van der Waals surface area contributed by atoms with Crippen LogP contribution in [0.15, 0.2) is 0 Å². The highest BCUT2D eigenvalue weighted by molar-refractivity contribution is 5.78. The Hall–Kier alpha value is -1.10. The minimum atomic E-state index is 0.172. The normalized spacial score (nSPS) is 13.2. The molecule has 3 N–H and O–H groups in total. The van der Waals surface area contributed by atoms with Gasteiger partial charge in [0.1, 0.15) is 0 Å². The van der Waals surface area contributed by atoms with Crippen LogP contribution >= 0.6 is 0 Å². The van der Waals surface area contributed by atoms with E-state index in [4.69, 9.17) is 0 Å². The first-order valence-corrected chi connectivity index (χ1v) is 11.4. The molecule has 2 amide bonds. The van der Waals surface area contributed by atoms with Crippen LogP contribution in [0.25, 0.3) is 0 Å². The molecule has 2 unspecified atom stereocenters. The van der Waals surface area contributed by atoms with E-state index in [-0.39, 0.29) is 23.7 Å². The van der Waals surface area contributed by atoms with Crippen molar-refractivity contribution in [2.45, 2.75) is 91.9 Å². The van der Waals surface area contributed by atoms with E-state index in [0.29, 0.717) is 0 Å². The molecule has 0 saturated carbocycles. The largest absolute Gasteiger partial charge is 0.356 e. The fourth-order valence-electron chi connectivity index (χ4n) is 3.21. The minimum Gasteiger partial charge on any atom is -0.356 e. The van der Waals surface area contributed by atoms with E-state index in [1.165, 1.54) is 0 Å². The van der Waals surface area contributed by atoms with Crippen molar-refractivity contribution in [2.24, 2.45) is 11.8 Å². The monoisotopic (exact) mass is 383 g/mol. The lowest BCUT2D eigenvalue weighted by atomic mass is 9.98. The SMILES string of the molecule is CCCCC(CC)C(=O)NCCCNCCCNC(=O)C(CC)CCCC. The molecule has 0 radical (unpaired) electrons. The van der Waals surface area contributed by atoms with Gasteiger partial charge in [0.2, 0.25) is 11.8 Å². The first-order chi connectivity index (χ1) is 13.1. The Bertz CT molecular complexity index is 341. The summed E-state index contributed by atoms with van der Waals surface area (Å²) in [5.74, 6) is 0.765. The topological polar surface area (TPSA) is 70.2 Å². The van der Waals surface area contributed by atoms with Gasteiger partial charge in [-0.3, -0.25) is 9.59 Å². The number of rotatable bonds is 18. The van der Waals surface area contributed by atoms with Crippen molar-refractivity contribution in [3.05, 3.63) is 0 Å². The zero-order valence-corrected chi connectivity index (χ0v) is 18.4. The summed E-state index contributed by atoms with van der Waals surface area (Å²) in [6.45, 7) is 11.8. The van der Waals surface area contributed by atoms with Crippen LogP contribution < -0.4 is 16.0 Å². The highest BCUT2D eigenvalue weighted by atomic mass is 16.2. The number of hydrogen-bond donors (Lipinski definition) is 3. The third-order valence-corrected chi connectivity index (χ3v) is 5.20. The third kappa shape index (κ3) is 13.7.